The van der Waals surface area contributed by atoms with Gasteiger partial charge in [-0.3, -0.25) is 14.4 Å². The number of rotatable bonds is 10. The highest BCUT2D eigenvalue weighted by molar-refractivity contribution is 5.89. The van der Waals surface area contributed by atoms with Gasteiger partial charge in [-0.25, -0.2) is 15.1 Å². The van der Waals surface area contributed by atoms with Crippen LogP contribution in [0.5, 0.6) is 0 Å². The topological polar surface area (TPSA) is 122 Å². The molecule has 0 radical (unpaired) electrons. The summed E-state index contributed by atoms with van der Waals surface area (Å²) < 4.78 is 5.14. The van der Waals surface area contributed by atoms with Gasteiger partial charge in [0.1, 0.15) is 6.61 Å². The lowest BCUT2D eigenvalue weighted by Crippen LogP contribution is -2.49. The number of hydroxylamine groups is 1. The van der Waals surface area contributed by atoms with E-state index in [0.29, 0.717) is 11.6 Å². The van der Waals surface area contributed by atoms with E-state index < -0.39 is 36.3 Å². The van der Waals surface area contributed by atoms with Crippen LogP contribution in [0.15, 0.2) is 66.7 Å². The SMILES string of the molecule is CC(=O)C(CC(=O)O)ON(NC(=O)OCc1ccccc1)C(=O)CCc1cccc2c(C)cccc12. The molecule has 0 fully saturated rings. The van der Waals surface area contributed by atoms with Crippen LogP contribution in [0.1, 0.15) is 36.5 Å². The molecule has 3 aromatic carbocycles. The Bertz CT molecular complexity index is 1240. The lowest BCUT2D eigenvalue weighted by atomic mass is 9.98. The monoisotopic (exact) mass is 492 g/mol. The normalized spacial score (nSPS) is 11.5. The Morgan fingerprint density at radius 3 is 2.33 bits per heavy atom. The van der Waals surface area contributed by atoms with Gasteiger partial charge >= 0.3 is 12.1 Å². The van der Waals surface area contributed by atoms with Crippen LogP contribution in [-0.2, 0) is 37.0 Å². The first-order valence-electron chi connectivity index (χ1n) is 11.4. The summed E-state index contributed by atoms with van der Waals surface area (Å²) in [7, 11) is 0. The van der Waals surface area contributed by atoms with Crippen LogP contribution in [0.25, 0.3) is 10.8 Å². The first kappa shape index (κ1) is 26.4. The van der Waals surface area contributed by atoms with Crippen molar-refractivity contribution in [3.05, 3.63) is 83.4 Å². The van der Waals surface area contributed by atoms with Crippen LogP contribution in [-0.4, -0.2) is 40.1 Å². The number of aliphatic carboxylic acids is 1. The molecule has 0 saturated carbocycles. The third kappa shape index (κ3) is 7.38. The quantitative estimate of drug-likeness (QED) is 0.408. The van der Waals surface area contributed by atoms with E-state index in [1.807, 2.05) is 49.4 Å². The van der Waals surface area contributed by atoms with E-state index in [9.17, 15) is 19.2 Å². The number of benzene rings is 3. The van der Waals surface area contributed by atoms with Gasteiger partial charge in [-0.2, -0.15) is 0 Å². The van der Waals surface area contributed by atoms with Crippen LogP contribution in [0.3, 0.4) is 0 Å². The van der Waals surface area contributed by atoms with Crippen molar-refractivity contribution in [2.75, 3.05) is 0 Å². The fourth-order valence-corrected chi connectivity index (χ4v) is 3.62. The number of Topliss-reactive ketones (excluding diaryl/α,β-unsaturated/α-hetero) is 1. The first-order chi connectivity index (χ1) is 17.2. The lowest BCUT2D eigenvalue weighted by molar-refractivity contribution is -0.223. The standard InChI is InChI=1S/C27H28N2O7/c1-18-8-6-13-23-21(11-7-12-22(18)23)14-15-25(31)29(36-24(19(2)30)16-26(32)33)28-27(34)35-17-20-9-4-3-5-10-20/h3-13,24H,14-17H2,1-2H3,(H,28,34)(H,32,33). The molecule has 36 heavy (non-hydrogen) atoms. The molecule has 2 amide bonds. The van der Waals surface area contributed by atoms with Gasteiger partial charge in [0, 0.05) is 6.42 Å². The summed E-state index contributed by atoms with van der Waals surface area (Å²) in [5.74, 6) is -2.58. The zero-order valence-corrected chi connectivity index (χ0v) is 20.1. The van der Waals surface area contributed by atoms with Crippen LogP contribution < -0.4 is 5.43 Å². The molecule has 0 aromatic heterocycles. The molecule has 0 bridgehead atoms. The number of hydrogen-bond donors (Lipinski definition) is 2. The smallest absolute Gasteiger partial charge is 0.428 e. The molecule has 3 aromatic rings. The number of nitrogens with one attached hydrogen (secondary N) is 1. The number of fused-ring (bicyclic) bond motifs is 1. The van der Waals surface area contributed by atoms with Crippen molar-refractivity contribution in [1.82, 2.24) is 10.6 Å². The third-order valence-electron chi connectivity index (χ3n) is 5.52. The number of ether oxygens (including phenoxy) is 1. The van der Waals surface area contributed by atoms with Crippen LogP contribution >= 0.6 is 0 Å². The molecule has 0 aliphatic rings. The maximum atomic E-state index is 13.0. The molecule has 188 valence electrons. The van der Waals surface area contributed by atoms with E-state index in [4.69, 9.17) is 14.7 Å². The third-order valence-corrected chi connectivity index (χ3v) is 5.52. The average Bonchev–Trinajstić information content (AvgIpc) is 2.85. The minimum atomic E-state index is -1.47. The molecular formula is C27H28N2O7. The van der Waals surface area contributed by atoms with Crippen molar-refractivity contribution in [3.8, 4) is 0 Å². The average molecular weight is 493 g/mol. The number of amides is 2. The number of aryl methyl sites for hydroxylation is 2. The maximum Gasteiger partial charge on any atom is 0.428 e. The van der Waals surface area contributed by atoms with E-state index in [2.05, 4.69) is 5.43 Å². The summed E-state index contributed by atoms with van der Waals surface area (Å²) in [5.41, 5.74) is 4.93. The van der Waals surface area contributed by atoms with E-state index in [1.54, 1.807) is 24.3 Å². The van der Waals surface area contributed by atoms with Gasteiger partial charge < -0.3 is 9.84 Å². The second-order valence-corrected chi connectivity index (χ2v) is 8.25. The Kier molecular flexibility index (Phi) is 9.13. The predicted molar refractivity (Wildman–Crippen MR) is 131 cm³/mol. The predicted octanol–water partition coefficient (Wildman–Crippen LogP) is 4.11. The zero-order valence-electron chi connectivity index (χ0n) is 20.1. The highest BCUT2D eigenvalue weighted by atomic mass is 16.7. The first-order valence-corrected chi connectivity index (χ1v) is 11.4. The van der Waals surface area contributed by atoms with E-state index in [0.717, 1.165) is 34.4 Å². The molecule has 0 aliphatic heterocycles. The summed E-state index contributed by atoms with van der Waals surface area (Å²) in [4.78, 5) is 53.9. The molecule has 0 saturated heterocycles. The summed E-state index contributed by atoms with van der Waals surface area (Å²) in [5, 5.41) is 11.7. The number of hydrazine groups is 1. The van der Waals surface area contributed by atoms with Gasteiger partial charge in [0.25, 0.3) is 5.91 Å². The van der Waals surface area contributed by atoms with Gasteiger partial charge in [-0.1, -0.05) is 66.7 Å². The molecule has 0 spiro atoms. The molecule has 1 unspecified atom stereocenters. The van der Waals surface area contributed by atoms with Crippen molar-refractivity contribution in [1.29, 1.82) is 0 Å². The van der Waals surface area contributed by atoms with E-state index >= 15 is 0 Å². The Hall–Kier alpha value is -4.24. The number of carboxylic acids is 1. The Labute approximate surface area is 208 Å². The summed E-state index contributed by atoms with van der Waals surface area (Å²) in [6.45, 7) is 3.08. The highest BCUT2D eigenvalue weighted by Crippen LogP contribution is 2.23. The summed E-state index contributed by atoms with van der Waals surface area (Å²) in [6, 6.07) is 20.6. The minimum absolute atomic E-state index is 0.0602. The fraction of sp³-hybridized carbons (Fsp3) is 0.259. The maximum absolute atomic E-state index is 13.0. The Morgan fingerprint density at radius 1 is 0.944 bits per heavy atom. The largest absolute Gasteiger partial charge is 0.481 e. The molecule has 3 rings (SSSR count). The molecule has 0 aliphatic carbocycles. The summed E-state index contributed by atoms with van der Waals surface area (Å²) in [6.07, 6.45) is -2.90. The molecule has 9 nitrogen and oxygen atoms in total. The van der Waals surface area contributed by atoms with Crippen molar-refractivity contribution in [2.45, 2.75) is 45.8 Å². The van der Waals surface area contributed by atoms with Crippen molar-refractivity contribution in [2.24, 2.45) is 0 Å². The van der Waals surface area contributed by atoms with Gasteiger partial charge in [0.15, 0.2) is 11.9 Å². The van der Waals surface area contributed by atoms with Gasteiger partial charge in [-0.05, 0) is 47.7 Å². The number of ketones is 1. The number of carbonyl (C=O) groups excluding carboxylic acids is 3. The fourth-order valence-electron chi connectivity index (χ4n) is 3.62. The van der Waals surface area contributed by atoms with Gasteiger partial charge in [0.05, 0.1) is 6.42 Å². The highest BCUT2D eigenvalue weighted by Gasteiger charge is 2.27. The molecule has 1 atom stereocenters. The van der Waals surface area contributed by atoms with E-state index in [-0.39, 0.29) is 13.0 Å². The second kappa shape index (κ2) is 12.5. The number of nitrogens with zero attached hydrogens (tertiary/aromatic N) is 1. The van der Waals surface area contributed by atoms with Gasteiger partial charge in [0.2, 0.25) is 0 Å². The molecular weight excluding hydrogens is 464 g/mol. The molecule has 2 N–H and O–H groups in total. The van der Waals surface area contributed by atoms with Crippen LogP contribution in [0, 0.1) is 6.92 Å². The number of carboxylic acid groups (broad SMARTS) is 1. The van der Waals surface area contributed by atoms with E-state index in [1.165, 1.54) is 0 Å². The molecule has 0 heterocycles. The Morgan fingerprint density at radius 2 is 1.64 bits per heavy atom. The van der Waals surface area contributed by atoms with Crippen molar-refractivity contribution < 1.29 is 33.9 Å². The van der Waals surface area contributed by atoms with Crippen LogP contribution in [0.4, 0.5) is 4.79 Å². The Balaban J connectivity index is 1.73. The lowest BCUT2D eigenvalue weighted by Gasteiger charge is -2.25. The number of carbonyl (C=O) groups is 4. The van der Waals surface area contributed by atoms with Crippen molar-refractivity contribution in [3.63, 3.8) is 0 Å². The molecule has 9 heteroatoms. The minimum Gasteiger partial charge on any atom is -0.481 e. The second-order valence-electron chi connectivity index (χ2n) is 8.25. The summed E-state index contributed by atoms with van der Waals surface area (Å²) >= 11 is 0. The zero-order chi connectivity index (χ0) is 26.1. The van der Waals surface area contributed by atoms with Gasteiger partial charge in [-0.15, -0.1) is 5.17 Å². The van der Waals surface area contributed by atoms with Crippen LogP contribution in [0.2, 0.25) is 0 Å². The number of hydrogen-bond acceptors (Lipinski definition) is 6. The van der Waals surface area contributed by atoms with Crippen molar-refractivity contribution >= 4 is 34.5 Å².